The predicted octanol–water partition coefficient (Wildman–Crippen LogP) is 3.27. The Labute approximate surface area is 111 Å². The Morgan fingerprint density at radius 1 is 1.65 bits per heavy atom. The van der Waals surface area contributed by atoms with E-state index in [4.69, 9.17) is 9.15 Å². The van der Waals surface area contributed by atoms with E-state index in [1.807, 2.05) is 11.4 Å². The molecule has 2 aromatic rings. The van der Waals surface area contributed by atoms with Crippen LogP contribution in [0.3, 0.4) is 0 Å². The van der Waals surface area contributed by atoms with Gasteiger partial charge in [0.2, 0.25) is 0 Å². The van der Waals surface area contributed by atoms with E-state index >= 15 is 0 Å². The quantitative estimate of drug-likeness (QED) is 0.812. The number of esters is 1. The lowest BCUT2D eigenvalue weighted by molar-refractivity contribution is -0.142. The van der Waals surface area contributed by atoms with Gasteiger partial charge in [-0.1, -0.05) is 0 Å². The molecule has 0 aliphatic heterocycles. The van der Waals surface area contributed by atoms with Crippen LogP contribution in [-0.2, 0) is 16.0 Å². The van der Waals surface area contributed by atoms with Crippen LogP contribution in [0, 0.1) is 0 Å². The lowest BCUT2D eigenvalue weighted by Crippen LogP contribution is -2.07. The van der Waals surface area contributed by atoms with Crippen LogP contribution in [0.2, 0.25) is 0 Å². The molecule has 2 heterocycles. The molecule has 0 radical (unpaired) electrons. The van der Waals surface area contributed by atoms with Crippen molar-refractivity contribution in [3.05, 3.63) is 27.9 Å². The third-order valence-corrected chi connectivity index (χ3v) is 3.51. The molecule has 0 N–H and O–H groups in total. The molecule has 90 valence electrons. The van der Waals surface area contributed by atoms with Crippen LogP contribution >= 0.6 is 27.3 Å². The average Bonchev–Trinajstić information content (AvgIpc) is 2.87. The van der Waals surface area contributed by atoms with Gasteiger partial charge in [-0.3, -0.25) is 4.79 Å². The molecule has 2 rings (SSSR count). The molecule has 0 spiro atoms. The van der Waals surface area contributed by atoms with E-state index in [0.717, 1.165) is 9.48 Å². The van der Waals surface area contributed by atoms with Gasteiger partial charge in [0.1, 0.15) is 0 Å². The van der Waals surface area contributed by atoms with Crippen molar-refractivity contribution in [1.82, 2.24) is 4.98 Å². The molecule has 0 aliphatic carbocycles. The summed E-state index contributed by atoms with van der Waals surface area (Å²) >= 11 is 4.81. The van der Waals surface area contributed by atoms with Crippen molar-refractivity contribution in [1.29, 1.82) is 0 Å². The Hall–Kier alpha value is -1.14. The van der Waals surface area contributed by atoms with Crippen molar-refractivity contribution in [3.63, 3.8) is 0 Å². The minimum atomic E-state index is -0.261. The third kappa shape index (κ3) is 2.95. The first kappa shape index (κ1) is 12.3. The Kier molecular flexibility index (Phi) is 3.96. The number of carbonyl (C=O) groups is 1. The summed E-state index contributed by atoms with van der Waals surface area (Å²) in [4.78, 5) is 15.6. The lowest BCUT2D eigenvalue weighted by atomic mass is 10.3. The number of halogens is 1. The molecule has 0 atom stereocenters. The van der Waals surface area contributed by atoms with Gasteiger partial charge in [-0.2, -0.15) is 0 Å². The highest BCUT2D eigenvalue weighted by Gasteiger charge is 2.13. The van der Waals surface area contributed by atoms with E-state index in [0.29, 0.717) is 18.1 Å². The van der Waals surface area contributed by atoms with E-state index < -0.39 is 0 Å². The summed E-state index contributed by atoms with van der Waals surface area (Å²) in [6.45, 7) is 2.17. The zero-order chi connectivity index (χ0) is 12.3. The summed E-state index contributed by atoms with van der Waals surface area (Å²) in [6, 6.07) is 1.81. The molecule has 0 saturated heterocycles. The molecular weight excluding hydrogens is 306 g/mol. The SMILES string of the molecule is CCOC(=O)Cc1csc(-c2occc2Br)n1. The van der Waals surface area contributed by atoms with Gasteiger partial charge in [0.05, 0.1) is 29.5 Å². The minimum absolute atomic E-state index is 0.197. The molecule has 17 heavy (non-hydrogen) atoms. The average molecular weight is 316 g/mol. The normalized spacial score (nSPS) is 10.5. The smallest absolute Gasteiger partial charge is 0.311 e. The summed E-state index contributed by atoms with van der Waals surface area (Å²) < 4.78 is 11.0. The van der Waals surface area contributed by atoms with Crippen LogP contribution in [0.1, 0.15) is 12.6 Å². The van der Waals surface area contributed by atoms with Crippen molar-refractivity contribution in [3.8, 4) is 10.8 Å². The van der Waals surface area contributed by atoms with Crippen LogP contribution in [0.4, 0.5) is 0 Å². The number of hydrogen-bond donors (Lipinski definition) is 0. The van der Waals surface area contributed by atoms with Crippen LogP contribution in [0.5, 0.6) is 0 Å². The zero-order valence-electron chi connectivity index (χ0n) is 9.10. The van der Waals surface area contributed by atoms with Gasteiger partial charge in [-0.05, 0) is 28.9 Å². The van der Waals surface area contributed by atoms with E-state index in [1.165, 1.54) is 11.3 Å². The number of ether oxygens (including phenoxy) is 1. The molecule has 0 saturated carbocycles. The van der Waals surface area contributed by atoms with Crippen LogP contribution in [0.15, 0.2) is 26.6 Å². The van der Waals surface area contributed by atoms with Crippen molar-refractivity contribution in [2.24, 2.45) is 0 Å². The second-order valence-corrected chi connectivity index (χ2v) is 4.94. The Bertz CT molecular complexity index is 520. The summed E-state index contributed by atoms with van der Waals surface area (Å²) in [5.41, 5.74) is 0.701. The first-order valence-corrected chi connectivity index (χ1v) is 6.71. The molecule has 0 amide bonds. The third-order valence-electron chi connectivity index (χ3n) is 1.99. The van der Waals surface area contributed by atoms with E-state index in [9.17, 15) is 4.79 Å². The largest absolute Gasteiger partial charge is 0.466 e. The van der Waals surface area contributed by atoms with Gasteiger partial charge in [-0.15, -0.1) is 11.3 Å². The van der Waals surface area contributed by atoms with Crippen molar-refractivity contribution >= 4 is 33.2 Å². The van der Waals surface area contributed by atoms with E-state index in [1.54, 1.807) is 13.2 Å². The number of nitrogens with zero attached hydrogens (tertiary/aromatic N) is 1. The van der Waals surface area contributed by atoms with E-state index in [-0.39, 0.29) is 12.4 Å². The zero-order valence-corrected chi connectivity index (χ0v) is 11.5. The fourth-order valence-electron chi connectivity index (χ4n) is 1.30. The Morgan fingerprint density at radius 2 is 2.47 bits per heavy atom. The molecule has 0 unspecified atom stereocenters. The van der Waals surface area contributed by atoms with Gasteiger partial charge in [0, 0.05) is 5.38 Å². The summed E-state index contributed by atoms with van der Waals surface area (Å²) in [5, 5.41) is 2.59. The summed E-state index contributed by atoms with van der Waals surface area (Å²) in [7, 11) is 0. The fraction of sp³-hybridized carbons (Fsp3) is 0.273. The van der Waals surface area contributed by atoms with Crippen molar-refractivity contribution in [2.45, 2.75) is 13.3 Å². The van der Waals surface area contributed by atoms with Gasteiger partial charge in [-0.25, -0.2) is 4.98 Å². The second-order valence-electron chi connectivity index (χ2n) is 3.22. The highest BCUT2D eigenvalue weighted by molar-refractivity contribution is 9.10. The molecule has 6 heteroatoms. The molecule has 0 bridgehead atoms. The second kappa shape index (κ2) is 5.46. The first-order chi connectivity index (χ1) is 8.20. The van der Waals surface area contributed by atoms with Crippen LogP contribution in [0.25, 0.3) is 10.8 Å². The fourth-order valence-corrected chi connectivity index (χ4v) is 2.64. The van der Waals surface area contributed by atoms with Crippen molar-refractivity contribution < 1.29 is 13.9 Å². The summed E-state index contributed by atoms with van der Waals surface area (Å²) in [6.07, 6.45) is 1.79. The van der Waals surface area contributed by atoms with Gasteiger partial charge >= 0.3 is 5.97 Å². The highest BCUT2D eigenvalue weighted by atomic mass is 79.9. The topological polar surface area (TPSA) is 52.3 Å². The van der Waals surface area contributed by atoms with Crippen LogP contribution < -0.4 is 0 Å². The molecule has 0 aliphatic rings. The lowest BCUT2D eigenvalue weighted by Gasteiger charge is -1.97. The molecule has 2 aromatic heterocycles. The molecule has 0 aromatic carbocycles. The molecular formula is C11H10BrNO3S. The van der Waals surface area contributed by atoms with Gasteiger partial charge in [0.15, 0.2) is 10.8 Å². The van der Waals surface area contributed by atoms with Crippen LogP contribution in [-0.4, -0.2) is 17.6 Å². The number of hydrogen-bond acceptors (Lipinski definition) is 5. The number of furan rings is 1. The number of thiazole rings is 1. The highest BCUT2D eigenvalue weighted by Crippen LogP contribution is 2.31. The standard InChI is InChI=1S/C11H10BrNO3S/c1-2-15-9(14)5-7-6-17-11(13-7)10-8(12)3-4-16-10/h3-4,6H,2,5H2,1H3. The maximum absolute atomic E-state index is 11.3. The molecule has 0 fully saturated rings. The van der Waals surface area contributed by atoms with E-state index in [2.05, 4.69) is 20.9 Å². The van der Waals surface area contributed by atoms with Crippen molar-refractivity contribution in [2.75, 3.05) is 6.61 Å². The van der Waals surface area contributed by atoms with Gasteiger partial charge in [0.25, 0.3) is 0 Å². The first-order valence-electron chi connectivity index (χ1n) is 5.04. The number of aromatic nitrogens is 1. The number of rotatable bonds is 4. The predicted molar refractivity (Wildman–Crippen MR) is 67.9 cm³/mol. The minimum Gasteiger partial charge on any atom is -0.466 e. The summed E-state index contributed by atoms with van der Waals surface area (Å²) in [5.74, 6) is 0.424. The Balaban J connectivity index is 2.11. The monoisotopic (exact) mass is 315 g/mol. The van der Waals surface area contributed by atoms with Gasteiger partial charge < -0.3 is 9.15 Å². The Morgan fingerprint density at radius 3 is 3.12 bits per heavy atom. The maximum Gasteiger partial charge on any atom is 0.311 e. The molecule has 4 nitrogen and oxygen atoms in total. The maximum atomic E-state index is 11.3. The number of carbonyl (C=O) groups excluding carboxylic acids is 1.